The van der Waals surface area contributed by atoms with E-state index >= 15 is 0 Å². The van der Waals surface area contributed by atoms with E-state index in [1.54, 1.807) is 0 Å². The summed E-state index contributed by atoms with van der Waals surface area (Å²) >= 11 is 0. The van der Waals surface area contributed by atoms with E-state index in [0.717, 1.165) is 0 Å². The summed E-state index contributed by atoms with van der Waals surface area (Å²) < 4.78 is 34.4. The summed E-state index contributed by atoms with van der Waals surface area (Å²) in [5.74, 6) is -0.500. The molecule has 8 heavy (non-hydrogen) atoms. The third kappa shape index (κ3) is 0.956. The van der Waals surface area contributed by atoms with Gasteiger partial charge in [0.25, 0.3) is 0 Å². The molecule has 3 heteroatoms. The lowest BCUT2D eigenvalue weighted by Gasteiger charge is -2.00. The van der Waals surface area contributed by atoms with Gasteiger partial charge in [-0.2, -0.15) is 13.2 Å². The molecule has 0 saturated heterocycles. The van der Waals surface area contributed by atoms with E-state index in [9.17, 15) is 13.2 Å². The highest BCUT2D eigenvalue weighted by atomic mass is 19.4. The summed E-state index contributed by atoms with van der Waals surface area (Å²) in [5, 5.41) is 0. The third-order valence-electron chi connectivity index (χ3n) is 1.36. The van der Waals surface area contributed by atoms with Gasteiger partial charge in [0.05, 0.1) is 5.92 Å². The molecule has 1 aliphatic carbocycles. The highest BCUT2D eigenvalue weighted by Crippen LogP contribution is 2.51. The highest BCUT2D eigenvalue weighted by Gasteiger charge is 2.53. The van der Waals surface area contributed by atoms with E-state index in [-0.39, 0.29) is 6.42 Å². The van der Waals surface area contributed by atoms with Gasteiger partial charge in [-0.05, 0) is 12.3 Å². The van der Waals surface area contributed by atoms with E-state index in [0.29, 0.717) is 5.92 Å². The Labute approximate surface area is 45.7 Å². The van der Waals surface area contributed by atoms with E-state index in [2.05, 4.69) is 0 Å². The fraction of sp³-hybridized carbons (Fsp3) is 0.800. The van der Waals surface area contributed by atoms with Crippen LogP contribution in [0.25, 0.3) is 0 Å². The van der Waals surface area contributed by atoms with Crippen LogP contribution < -0.4 is 0 Å². The van der Waals surface area contributed by atoms with Crippen LogP contribution in [0.1, 0.15) is 13.3 Å². The molecule has 0 spiro atoms. The Hall–Kier alpha value is -0.210. The van der Waals surface area contributed by atoms with Gasteiger partial charge in [0, 0.05) is 0 Å². The topological polar surface area (TPSA) is 0 Å². The molecule has 0 aromatic carbocycles. The monoisotopic (exact) mass is 123 g/mol. The highest BCUT2D eigenvalue weighted by molar-refractivity contribution is 5.13. The zero-order chi connectivity index (χ0) is 6.36. The predicted molar refractivity (Wildman–Crippen MR) is 23.1 cm³/mol. The van der Waals surface area contributed by atoms with Gasteiger partial charge in [-0.3, -0.25) is 0 Å². The number of hydrogen-bond donors (Lipinski definition) is 0. The second kappa shape index (κ2) is 1.39. The fourth-order valence-electron chi connectivity index (χ4n) is 0.658. The Morgan fingerprint density at radius 1 is 1.50 bits per heavy atom. The molecule has 0 N–H and O–H groups in total. The molecule has 0 heterocycles. The molecular weight excluding hydrogens is 117 g/mol. The van der Waals surface area contributed by atoms with Crippen LogP contribution in [-0.2, 0) is 0 Å². The summed E-state index contributed by atoms with van der Waals surface area (Å²) in [6, 6.07) is 0. The Morgan fingerprint density at radius 3 is 1.88 bits per heavy atom. The first-order valence-corrected chi connectivity index (χ1v) is 2.41. The number of halogens is 3. The molecule has 1 unspecified atom stereocenters. The lowest BCUT2D eigenvalue weighted by Crippen LogP contribution is -2.10. The lowest BCUT2D eigenvalue weighted by molar-refractivity contribution is -0.145. The molecule has 1 rings (SSSR count). The van der Waals surface area contributed by atoms with Crippen LogP contribution in [0.3, 0.4) is 0 Å². The van der Waals surface area contributed by atoms with Crippen molar-refractivity contribution >= 4 is 0 Å². The van der Waals surface area contributed by atoms with Crippen molar-refractivity contribution in [3.8, 4) is 0 Å². The van der Waals surface area contributed by atoms with Crippen LogP contribution in [0, 0.1) is 11.8 Å². The largest absolute Gasteiger partial charge is 0.392 e. The Balaban J connectivity index is 2.39. The normalized spacial score (nSPS) is 30.8. The van der Waals surface area contributed by atoms with Gasteiger partial charge in [0.15, 0.2) is 0 Å². The van der Waals surface area contributed by atoms with Gasteiger partial charge >= 0.3 is 6.18 Å². The molecule has 1 aliphatic rings. The SMILES string of the molecule is C[C]1CC1C(F)(F)F. The Morgan fingerprint density at radius 2 is 1.88 bits per heavy atom. The second-order valence-corrected chi connectivity index (χ2v) is 2.14. The minimum atomic E-state index is -3.95. The summed E-state index contributed by atoms with van der Waals surface area (Å²) in [6.45, 7) is 1.54. The zero-order valence-corrected chi connectivity index (χ0v) is 4.42. The lowest BCUT2D eigenvalue weighted by atomic mass is 10.3. The van der Waals surface area contributed by atoms with Crippen molar-refractivity contribution in [3.63, 3.8) is 0 Å². The van der Waals surface area contributed by atoms with Gasteiger partial charge in [-0.25, -0.2) is 0 Å². The summed E-state index contributed by atoms with van der Waals surface area (Å²) in [6.07, 6.45) is -3.70. The average Bonchev–Trinajstić information content (AvgIpc) is 2.13. The van der Waals surface area contributed by atoms with Gasteiger partial charge in [0.1, 0.15) is 0 Å². The van der Waals surface area contributed by atoms with Gasteiger partial charge in [-0.1, -0.05) is 6.92 Å². The van der Waals surface area contributed by atoms with Gasteiger partial charge in [0.2, 0.25) is 0 Å². The first-order chi connectivity index (χ1) is 3.52. The first-order valence-electron chi connectivity index (χ1n) is 2.41. The average molecular weight is 123 g/mol. The van der Waals surface area contributed by atoms with Crippen molar-refractivity contribution in [2.24, 2.45) is 5.92 Å². The quantitative estimate of drug-likeness (QED) is 0.463. The minimum absolute atomic E-state index is 0.253. The molecule has 0 aliphatic heterocycles. The van der Waals surface area contributed by atoms with Crippen molar-refractivity contribution in [1.29, 1.82) is 0 Å². The van der Waals surface area contributed by atoms with E-state index < -0.39 is 12.1 Å². The smallest absolute Gasteiger partial charge is 0.171 e. The van der Waals surface area contributed by atoms with Crippen LogP contribution >= 0.6 is 0 Å². The molecule has 1 atom stereocenters. The van der Waals surface area contributed by atoms with Crippen LogP contribution in [0.15, 0.2) is 0 Å². The minimum Gasteiger partial charge on any atom is -0.171 e. The summed E-state index contributed by atoms with van der Waals surface area (Å²) in [5.41, 5.74) is 0. The van der Waals surface area contributed by atoms with Gasteiger partial charge < -0.3 is 0 Å². The molecule has 0 aromatic rings. The molecule has 0 aromatic heterocycles. The fourth-order valence-corrected chi connectivity index (χ4v) is 0.658. The van der Waals surface area contributed by atoms with E-state index in [1.807, 2.05) is 0 Å². The molecule has 0 nitrogen and oxygen atoms in total. The number of hydrogen-bond acceptors (Lipinski definition) is 0. The second-order valence-electron chi connectivity index (χ2n) is 2.14. The predicted octanol–water partition coefficient (Wildman–Crippen LogP) is 2.16. The van der Waals surface area contributed by atoms with Crippen LogP contribution in [0.2, 0.25) is 0 Å². The Kier molecular flexibility index (Phi) is 1.03. The summed E-state index contributed by atoms with van der Waals surface area (Å²) in [4.78, 5) is 0. The third-order valence-corrected chi connectivity index (χ3v) is 1.36. The molecular formula is C5H6F3. The maximum Gasteiger partial charge on any atom is 0.392 e. The molecule has 1 saturated carbocycles. The summed E-state index contributed by atoms with van der Waals surface area (Å²) in [7, 11) is 0. The standard InChI is InChI=1S/C5H6F3/c1-3-2-4(3)5(6,7)8/h4H,2H2,1H3. The van der Waals surface area contributed by atoms with Gasteiger partial charge in [-0.15, -0.1) is 0 Å². The zero-order valence-electron chi connectivity index (χ0n) is 4.42. The van der Waals surface area contributed by atoms with E-state index in [1.165, 1.54) is 6.92 Å². The Bertz CT molecular complexity index is 94.3. The van der Waals surface area contributed by atoms with Crippen LogP contribution in [-0.4, -0.2) is 6.18 Å². The van der Waals surface area contributed by atoms with Crippen LogP contribution in [0.5, 0.6) is 0 Å². The first kappa shape index (κ1) is 5.92. The van der Waals surface area contributed by atoms with Crippen molar-refractivity contribution in [2.75, 3.05) is 0 Å². The van der Waals surface area contributed by atoms with Crippen molar-refractivity contribution in [3.05, 3.63) is 5.92 Å². The van der Waals surface area contributed by atoms with Crippen molar-refractivity contribution in [2.45, 2.75) is 19.5 Å². The maximum absolute atomic E-state index is 11.5. The molecule has 47 valence electrons. The van der Waals surface area contributed by atoms with E-state index in [4.69, 9.17) is 0 Å². The molecule has 1 fully saturated rings. The number of rotatable bonds is 0. The van der Waals surface area contributed by atoms with Crippen molar-refractivity contribution in [1.82, 2.24) is 0 Å². The molecule has 1 radical (unpaired) electrons. The van der Waals surface area contributed by atoms with Crippen LogP contribution in [0.4, 0.5) is 13.2 Å². The molecule has 0 bridgehead atoms. The molecule has 0 amide bonds. The number of alkyl halides is 3. The van der Waals surface area contributed by atoms with Crippen molar-refractivity contribution < 1.29 is 13.2 Å². The maximum atomic E-state index is 11.5.